The van der Waals surface area contributed by atoms with Crippen LogP contribution < -0.4 is 11.1 Å². The molecule has 1 aromatic rings. The van der Waals surface area contributed by atoms with E-state index in [9.17, 15) is 9.59 Å². The third-order valence-corrected chi connectivity index (χ3v) is 4.73. The smallest absolute Gasteiger partial charge is 0.308 e. The van der Waals surface area contributed by atoms with E-state index in [-0.39, 0.29) is 18.3 Å². The maximum atomic E-state index is 12.5. The lowest BCUT2D eigenvalue weighted by molar-refractivity contribution is -0.143. The molecular weight excluding hydrogens is 318 g/mol. The van der Waals surface area contributed by atoms with Crippen LogP contribution in [0.3, 0.4) is 0 Å². The van der Waals surface area contributed by atoms with Gasteiger partial charge >= 0.3 is 5.97 Å². The van der Waals surface area contributed by atoms with Crippen LogP contribution in [0, 0.1) is 5.92 Å². The Bertz CT molecular complexity index is 544. The fraction of sp³-hybridized carbons (Fsp3) is 0.632. The number of nitrogens with zero attached hydrogens (tertiary/aromatic N) is 1. The Morgan fingerprint density at radius 1 is 1.36 bits per heavy atom. The van der Waals surface area contributed by atoms with Crippen LogP contribution in [0.4, 0.5) is 0 Å². The monoisotopic (exact) mass is 347 g/mol. The molecule has 0 spiro atoms. The van der Waals surface area contributed by atoms with Crippen molar-refractivity contribution in [1.82, 2.24) is 10.3 Å². The molecule has 1 aromatic heterocycles. The lowest BCUT2D eigenvalue weighted by Gasteiger charge is -2.25. The molecule has 1 heterocycles. The van der Waals surface area contributed by atoms with E-state index in [1.54, 1.807) is 25.4 Å². The topological polar surface area (TPSA) is 94.3 Å². The van der Waals surface area contributed by atoms with Crippen LogP contribution in [0.5, 0.6) is 0 Å². The van der Waals surface area contributed by atoms with Gasteiger partial charge in [0.25, 0.3) is 0 Å². The van der Waals surface area contributed by atoms with E-state index < -0.39 is 12.1 Å². The highest BCUT2D eigenvalue weighted by Gasteiger charge is 2.25. The predicted molar refractivity (Wildman–Crippen MR) is 95.5 cm³/mol. The summed E-state index contributed by atoms with van der Waals surface area (Å²) in [6.07, 6.45) is 10.1. The number of ether oxygens (including phenoxy) is 1. The standard InChI is InChI=1S/C19H29N3O3/c1-2-25-18(23)12-17(15-9-6-10-21-13-15)22-19(24)16(20)11-14-7-4-3-5-8-14/h6,9-10,13-14,16-17H,2-5,7-8,11-12,20H2,1H3,(H,22,24)/t16-,17+/m0/s1. The molecule has 6 heteroatoms. The number of nitrogens with one attached hydrogen (secondary N) is 1. The first kappa shape index (κ1) is 19.4. The van der Waals surface area contributed by atoms with Gasteiger partial charge in [0.05, 0.1) is 25.1 Å². The molecule has 3 N–H and O–H groups in total. The molecule has 25 heavy (non-hydrogen) atoms. The van der Waals surface area contributed by atoms with Crippen LogP contribution in [0.15, 0.2) is 24.5 Å². The van der Waals surface area contributed by atoms with Crippen molar-refractivity contribution in [2.45, 2.75) is 64.0 Å². The Balaban J connectivity index is 1.96. The van der Waals surface area contributed by atoms with Crippen molar-refractivity contribution in [3.8, 4) is 0 Å². The van der Waals surface area contributed by atoms with E-state index in [1.165, 1.54) is 19.3 Å². The minimum Gasteiger partial charge on any atom is -0.466 e. The summed E-state index contributed by atoms with van der Waals surface area (Å²) in [7, 11) is 0. The molecule has 0 aliphatic heterocycles. The zero-order valence-electron chi connectivity index (χ0n) is 14.9. The van der Waals surface area contributed by atoms with E-state index in [1.807, 2.05) is 6.07 Å². The van der Waals surface area contributed by atoms with E-state index in [4.69, 9.17) is 10.5 Å². The second kappa shape index (κ2) is 10.1. The predicted octanol–water partition coefficient (Wildman–Crippen LogP) is 2.49. The van der Waals surface area contributed by atoms with Crippen LogP contribution in [0.25, 0.3) is 0 Å². The lowest BCUT2D eigenvalue weighted by atomic mass is 9.85. The maximum Gasteiger partial charge on any atom is 0.308 e. The number of amides is 1. The molecule has 1 saturated carbocycles. The molecule has 0 radical (unpaired) electrons. The SMILES string of the molecule is CCOC(=O)C[C@@H](NC(=O)[C@@H](N)CC1CCCCC1)c1cccnc1. The lowest BCUT2D eigenvalue weighted by Crippen LogP contribution is -2.44. The summed E-state index contributed by atoms with van der Waals surface area (Å²) in [5, 5.41) is 2.91. The molecule has 0 saturated heterocycles. The Morgan fingerprint density at radius 3 is 2.76 bits per heavy atom. The fourth-order valence-electron chi connectivity index (χ4n) is 3.39. The van der Waals surface area contributed by atoms with Gasteiger partial charge < -0.3 is 15.8 Å². The summed E-state index contributed by atoms with van der Waals surface area (Å²) in [6, 6.07) is 2.59. The van der Waals surface area contributed by atoms with Gasteiger partial charge in [0.2, 0.25) is 5.91 Å². The van der Waals surface area contributed by atoms with Gasteiger partial charge in [-0.1, -0.05) is 38.2 Å². The molecule has 0 bridgehead atoms. The molecule has 1 fully saturated rings. The Morgan fingerprint density at radius 2 is 2.12 bits per heavy atom. The number of carbonyl (C=O) groups excluding carboxylic acids is 2. The molecule has 1 amide bonds. The highest BCUT2D eigenvalue weighted by Crippen LogP contribution is 2.27. The number of carbonyl (C=O) groups is 2. The van der Waals surface area contributed by atoms with E-state index >= 15 is 0 Å². The maximum absolute atomic E-state index is 12.5. The van der Waals surface area contributed by atoms with Crippen LogP contribution in [-0.4, -0.2) is 29.5 Å². The first-order valence-electron chi connectivity index (χ1n) is 9.21. The first-order valence-corrected chi connectivity index (χ1v) is 9.21. The van der Waals surface area contributed by atoms with Crippen molar-refractivity contribution in [1.29, 1.82) is 0 Å². The van der Waals surface area contributed by atoms with Gasteiger partial charge in [0.15, 0.2) is 0 Å². The van der Waals surface area contributed by atoms with Crippen LogP contribution in [0.2, 0.25) is 0 Å². The quantitative estimate of drug-likeness (QED) is 0.705. The second-order valence-electron chi connectivity index (χ2n) is 6.70. The van der Waals surface area contributed by atoms with Gasteiger partial charge in [-0.15, -0.1) is 0 Å². The van der Waals surface area contributed by atoms with Crippen molar-refractivity contribution in [3.63, 3.8) is 0 Å². The number of esters is 1. The van der Waals surface area contributed by atoms with E-state index in [2.05, 4.69) is 10.3 Å². The Hall–Kier alpha value is -1.95. The second-order valence-corrected chi connectivity index (χ2v) is 6.70. The van der Waals surface area contributed by atoms with E-state index in [0.717, 1.165) is 18.4 Å². The highest BCUT2D eigenvalue weighted by molar-refractivity contribution is 5.82. The Kier molecular flexibility index (Phi) is 7.85. The summed E-state index contributed by atoms with van der Waals surface area (Å²) in [5.41, 5.74) is 6.89. The molecule has 2 rings (SSSR count). The van der Waals surface area contributed by atoms with Gasteiger partial charge in [-0.2, -0.15) is 0 Å². The zero-order valence-corrected chi connectivity index (χ0v) is 14.9. The van der Waals surface area contributed by atoms with Gasteiger partial charge in [0, 0.05) is 12.4 Å². The molecule has 0 unspecified atom stereocenters. The van der Waals surface area contributed by atoms with Crippen molar-refractivity contribution < 1.29 is 14.3 Å². The Labute approximate surface area is 149 Å². The number of pyridine rings is 1. The van der Waals surface area contributed by atoms with Gasteiger partial charge in [-0.25, -0.2) is 0 Å². The highest BCUT2D eigenvalue weighted by atomic mass is 16.5. The normalized spacial score (nSPS) is 17.5. The third-order valence-electron chi connectivity index (χ3n) is 4.73. The van der Waals surface area contributed by atoms with Gasteiger partial charge in [-0.3, -0.25) is 14.6 Å². The fourth-order valence-corrected chi connectivity index (χ4v) is 3.39. The average molecular weight is 347 g/mol. The summed E-state index contributed by atoms with van der Waals surface area (Å²) < 4.78 is 5.02. The minimum atomic E-state index is -0.551. The van der Waals surface area contributed by atoms with Crippen molar-refractivity contribution in [2.24, 2.45) is 11.7 Å². The number of rotatable bonds is 8. The summed E-state index contributed by atoms with van der Waals surface area (Å²) in [6.45, 7) is 2.07. The van der Waals surface area contributed by atoms with Crippen LogP contribution >= 0.6 is 0 Å². The van der Waals surface area contributed by atoms with Gasteiger partial charge in [-0.05, 0) is 30.9 Å². The first-order chi connectivity index (χ1) is 12.1. The average Bonchev–Trinajstić information content (AvgIpc) is 2.63. The molecular formula is C19H29N3O3. The van der Waals surface area contributed by atoms with Crippen molar-refractivity contribution in [3.05, 3.63) is 30.1 Å². The largest absolute Gasteiger partial charge is 0.466 e. The molecule has 138 valence electrons. The van der Waals surface area contributed by atoms with E-state index in [0.29, 0.717) is 18.9 Å². The van der Waals surface area contributed by atoms with Crippen LogP contribution in [-0.2, 0) is 14.3 Å². The van der Waals surface area contributed by atoms with Crippen LogP contribution in [0.1, 0.15) is 63.5 Å². The molecule has 1 aliphatic rings. The minimum absolute atomic E-state index is 0.0709. The van der Waals surface area contributed by atoms with Crippen molar-refractivity contribution >= 4 is 11.9 Å². The number of hydrogen-bond acceptors (Lipinski definition) is 5. The number of hydrogen-bond donors (Lipinski definition) is 2. The van der Waals surface area contributed by atoms with Crippen molar-refractivity contribution in [2.75, 3.05) is 6.61 Å². The zero-order chi connectivity index (χ0) is 18.1. The molecule has 2 atom stereocenters. The summed E-state index contributed by atoms with van der Waals surface area (Å²) in [4.78, 5) is 28.5. The number of aromatic nitrogens is 1. The van der Waals surface area contributed by atoms with Gasteiger partial charge in [0.1, 0.15) is 0 Å². The number of nitrogens with two attached hydrogens (primary N) is 1. The summed E-state index contributed by atoms with van der Waals surface area (Å²) in [5.74, 6) is -0.0439. The molecule has 6 nitrogen and oxygen atoms in total. The summed E-state index contributed by atoms with van der Waals surface area (Å²) >= 11 is 0. The third kappa shape index (κ3) is 6.46. The molecule has 1 aliphatic carbocycles. The molecule has 0 aromatic carbocycles.